The summed E-state index contributed by atoms with van der Waals surface area (Å²) in [4.78, 5) is 24.3. The quantitative estimate of drug-likeness (QED) is 0.602. The molecule has 0 aliphatic heterocycles. The zero-order valence-electron chi connectivity index (χ0n) is 9.88. The maximum Gasteiger partial charge on any atom is 0.196 e. The summed E-state index contributed by atoms with van der Waals surface area (Å²) >= 11 is 0. The summed E-state index contributed by atoms with van der Waals surface area (Å²) in [5.41, 5.74) is 6.48. The van der Waals surface area contributed by atoms with Gasteiger partial charge in [-0.1, -0.05) is 18.2 Å². The van der Waals surface area contributed by atoms with E-state index in [-0.39, 0.29) is 45.9 Å². The monoisotopic (exact) mass is 257 g/mol. The maximum atomic E-state index is 12.3. The number of anilines is 1. The van der Waals surface area contributed by atoms with Crippen molar-refractivity contribution in [1.29, 1.82) is 0 Å². The Morgan fingerprint density at radius 3 is 2.74 bits per heavy atom. The Morgan fingerprint density at radius 2 is 2.00 bits per heavy atom. The molecule has 0 spiro atoms. The van der Waals surface area contributed by atoms with E-state index in [2.05, 4.69) is 0 Å². The van der Waals surface area contributed by atoms with E-state index in [1.54, 1.807) is 12.1 Å². The van der Waals surface area contributed by atoms with E-state index in [4.69, 9.17) is 5.73 Å². The number of nitrogen functional groups attached to an aromatic ring is 1. The van der Waals surface area contributed by atoms with Gasteiger partial charge in [-0.15, -0.1) is 0 Å². The highest BCUT2D eigenvalue weighted by atomic mass is 16.3. The first kappa shape index (κ1) is 11.7. The minimum Gasteiger partial charge on any atom is -0.507 e. The van der Waals surface area contributed by atoms with E-state index >= 15 is 0 Å². The van der Waals surface area contributed by atoms with Gasteiger partial charge >= 0.3 is 0 Å². The zero-order chi connectivity index (χ0) is 13.7. The number of aliphatic hydroxyl groups excluding tert-OH is 2. The first-order valence-corrected chi connectivity index (χ1v) is 5.82. The number of hydrogen-bond donors (Lipinski definition) is 3. The van der Waals surface area contributed by atoms with Crippen molar-refractivity contribution in [3.63, 3.8) is 0 Å². The molecule has 1 atom stereocenters. The van der Waals surface area contributed by atoms with E-state index in [1.807, 2.05) is 0 Å². The number of nitrogens with two attached hydrogens (primary N) is 1. The summed E-state index contributed by atoms with van der Waals surface area (Å²) in [5.74, 6) is -1.31. The fourth-order valence-electron chi connectivity index (χ4n) is 2.48. The highest BCUT2D eigenvalue weighted by Crippen LogP contribution is 2.38. The standard InChI is InChI=1S/C14H11NO4/c15-8-3-1-2-6-10(8)12(17)7-4-5-9(16)14(19)11(7)13(6)18/h1-4,9,16,18H,5,15H2. The molecule has 0 radical (unpaired) electrons. The Labute approximate surface area is 108 Å². The minimum absolute atomic E-state index is 0.0682. The van der Waals surface area contributed by atoms with Gasteiger partial charge in [-0.25, -0.2) is 0 Å². The van der Waals surface area contributed by atoms with E-state index in [9.17, 15) is 19.8 Å². The zero-order valence-corrected chi connectivity index (χ0v) is 9.88. The lowest BCUT2D eigenvalue weighted by atomic mass is 9.78. The Hall–Kier alpha value is -2.40. The Balaban J connectivity index is 2.36. The number of carbonyl (C=O) groups is 2. The highest BCUT2D eigenvalue weighted by Gasteiger charge is 2.38. The molecule has 5 heteroatoms. The summed E-state index contributed by atoms with van der Waals surface area (Å²) in [6, 6.07) is 4.68. The minimum atomic E-state index is -1.21. The summed E-state index contributed by atoms with van der Waals surface area (Å²) in [7, 11) is 0. The summed E-state index contributed by atoms with van der Waals surface area (Å²) < 4.78 is 0. The van der Waals surface area contributed by atoms with Crippen molar-refractivity contribution in [2.75, 3.05) is 5.73 Å². The van der Waals surface area contributed by atoms with Crippen LogP contribution in [0.4, 0.5) is 5.69 Å². The molecule has 96 valence electrons. The van der Waals surface area contributed by atoms with Gasteiger partial charge in [-0.2, -0.15) is 0 Å². The van der Waals surface area contributed by atoms with Gasteiger partial charge in [0.15, 0.2) is 11.6 Å². The lowest BCUT2D eigenvalue weighted by molar-refractivity contribution is -0.123. The largest absolute Gasteiger partial charge is 0.507 e. The van der Waals surface area contributed by atoms with Crippen LogP contribution in [0.3, 0.4) is 0 Å². The fourth-order valence-corrected chi connectivity index (χ4v) is 2.48. The number of fused-ring (bicyclic) bond motifs is 2. The molecule has 0 bridgehead atoms. The van der Waals surface area contributed by atoms with Gasteiger partial charge in [0, 0.05) is 16.8 Å². The van der Waals surface area contributed by atoms with Crippen LogP contribution in [0, 0.1) is 0 Å². The number of allylic oxidation sites excluding steroid dienone is 1. The van der Waals surface area contributed by atoms with Gasteiger partial charge in [-0.3, -0.25) is 9.59 Å². The fraction of sp³-hybridized carbons (Fsp3) is 0.143. The lowest BCUT2D eigenvalue weighted by Gasteiger charge is -2.26. The number of benzene rings is 1. The summed E-state index contributed by atoms with van der Waals surface area (Å²) in [6.45, 7) is 0. The summed E-state index contributed by atoms with van der Waals surface area (Å²) in [5, 5.41) is 19.7. The number of rotatable bonds is 0. The number of carbonyl (C=O) groups excluding carboxylic acids is 2. The van der Waals surface area contributed by atoms with Gasteiger partial charge in [0.1, 0.15) is 11.9 Å². The van der Waals surface area contributed by atoms with Crippen LogP contribution >= 0.6 is 0 Å². The first-order valence-electron chi connectivity index (χ1n) is 5.82. The average molecular weight is 257 g/mol. The van der Waals surface area contributed by atoms with Gasteiger partial charge < -0.3 is 15.9 Å². The second-order valence-corrected chi connectivity index (χ2v) is 4.56. The van der Waals surface area contributed by atoms with E-state index in [0.29, 0.717) is 0 Å². The SMILES string of the molecule is Nc1cccc2c1C(=O)C1=CCC(O)C(=O)C1=C2O. The van der Waals surface area contributed by atoms with Crippen molar-refractivity contribution < 1.29 is 19.8 Å². The predicted octanol–water partition coefficient (Wildman–Crippen LogP) is 0.994. The highest BCUT2D eigenvalue weighted by molar-refractivity contribution is 6.28. The van der Waals surface area contributed by atoms with E-state index < -0.39 is 11.9 Å². The van der Waals surface area contributed by atoms with Crippen molar-refractivity contribution >= 4 is 23.0 Å². The molecule has 0 aromatic heterocycles. The molecule has 19 heavy (non-hydrogen) atoms. The predicted molar refractivity (Wildman–Crippen MR) is 68.4 cm³/mol. The molecule has 2 aliphatic carbocycles. The topological polar surface area (TPSA) is 101 Å². The molecule has 1 aromatic rings. The molecular formula is C14H11NO4. The smallest absolute Gasteiger partial charge is 0.196 e. The van der Waals surface area contributed by atoms with Gasteiger partial charge in [0.2, 0.25) is 0 Å². The van der Waals surface area contributed by atoms with Crippen molar-refractivity contribution in [1.82, 2.24) is 0 Å². The van der Waals surface area contributed by atoms with Crippen LogP contribution in [0.5, 0.6) is 0 Å². The van der Waals surface area contributed by atoms with Crippen molar-refractivity contribution in [2.24, 2.45) is 0 Å². The Kier molecular flexibility index (Phi) is 2.33. The van der Waals surface area contributed by atoms with E-state index in [0.717, 1.165) is 0 Å². The summed E-state index contributed by atoms with van der Waals surface area (Å²) in [6.07, 6.45) is 0.324. The number of aliphatic hydroxyl groups is 2. The van der Waals surface area contributed by atoms with Crippen LogP contribution in [0.2, 0.25) is 0 Å². The van der Waals surface area contributed by atoms with Crippen LogP contribution in [0.25, 0.3) is 5.76 Å². The van der Waals surface area contributed by atoms with Crippen molar-refractivity contribution in [3.8, 4) is 0 Å². The lowest BCUT2D eigenvalue weighted by Crippen LogP contribution is -2.32. The van der Waals surface area contributed by atoms with Crippen LogP contribution in [0.1, 0.15) is 22.3 Å². The maximum absolute atomic E-state index is 12.3. The first-order chi connectivity index (χ1) is 9.02. The van der Waals surface area contributed by atoms with Crippen molar-refractivity contribution in [3.05, 3.63) is 46.5 Å². The molecular weight excluding hydrogens is 246 g/mol. The van der Waals surface area contributed by atoms with Crippen LogP contribution in [-0.2, 0) is 4.79 Å². The average Bonchev–Trinajstić information content (AvgIpc) is 2.39. The van der Waals surface area contributed by atoms with Gasteiger partial charge in [-0.05, 0) is 12.5 Å². The Bertz CT molecular complexity index is 685. The molecule has 0 heterocycles. The molecule has 3 rings (SSSR count). The third-order valence-corrected chi connectivity index (χ3v) is 3.42. The molecule has 0 fully saturated rings. The van der Waals surface area contributed by atoms with Crippen LogP contribution < -0.4 is 5.73 Å². The Morgan fingerprint density at radius 1 is 1.26 bits per heavy atom. The van der Waals surface area contributed by atoms with Gasteiger partial charge in [0.25, 0.3) is 0 Å². The van der Waals surface area contributed by atoms with Gasteiger partial charge in [0.05, 0.1) is 11.1 Å². The second-order valence-electron chi connectivity index (χ2n) is 4.56. The molecule has 4 N–H and O–H groups in total. The van der Waals surface area contributed by atoms with Crippen LogP contribution in [0.15, 0.2) is 35.4 Å². The van der Waals surface area contributed by atoms with E-state index in [1.165, 1.54) is 12.1 Å². The molecule has 0 saturated heterocycles. The molecule has 2 aliphatic rings. The third-order valence-electron chi connectivity index (χ3n) is 3.42. The number of Topliss-reactive ketones (excluding diaryl/α,β-unsaturated/α-hetero) is 2. The molecule has 0 amide bonds. The molecule has 0 saturated carbocycles. The molecule has 1 unspecified atom stereocenters. The second kappa shape index (κ2) is 3.80. The van der Waals surface area contributed by atoms with Crippen LogP contribution in [-0.4, -0.2) is 27.9 Å². The number of hydrogen-bond acceptors (Lipinski definition) is 5. The normalized spacial score (nSPS) is 21.9. The number of ketones is 2. The third kappa shape index (κ3) is 1.45. The molecule has 5 nitrogen and oxygen atoms in total. The van der Waals surface area contributed by atoms with Crippen molar-refractivity contribution in [2.45, 2.75) is 12.5 Å². The molecule has 1 aromatic carbocycles.